The fourth-order valence-electron chi connectivity index (χ4n) is 2.40. The maximum atomic E-state index is 11.6. The first-order chi connectivity index (χ1) is 10.6. The Morgan fingerprint density at radius 1 is 0.818 bits per heavy atom. The van der Waals surface area contributed by atoms with E-state index in [9.17, 15) is 9.59 Å². The lowest BCUT2D eigenvalue weighted by molar-refractivity contribution is -0.161. The van der Waals surface area contributed by atoms with Crippen LogP contribution in [0.4, 0.5) is 0 Å². The molecule has 22 heavy (non-hydrogen) atoms. The molecule has 0 aromatic carbocycles. The highest BCUT2D eigenvalue weighted by molar-refractivity contribution is 5.75. The Labute approximate surface area is 135 Å². The highest BCUT2D eigenvalue weighted by atomic mass is 16.6. The van der Waals surface area contributed by atoms with Crippen LogP contribution in [0, 0.1) is 0 Å². The zero-order valence-corrected chi connectivity index (χ0v) is 14.7. The Bertz CT molecular complexity index is 289. The molecule has 1 unspecified atom stereocenters. The number of carbonyl (C=O) groups excluding carboxylic acids is 2. The van der Waals surface area contributed by atoms with Gasteiger partial charge in [0.2, 0.25) is 0 Å². The Balaban J connectivity index is 3.86. The summed E-state index contributed by atoms with van der Waals surface area (Å²) < 4.78 is 10.1. The first kappa shape index (κ1) is 20.9. The van der Waals surface area contributed by atoms with E-state index in [0.29, 0.717) is 0 Å². The maximum absolute atomic E-state index is 11.6. The van der Waals surface area contributed by atoms with Crippen molar-refractivity contribution in [1.29, 1.82) is 0 Å². The van der Waals surface area contributed by atoms with Gasteiger partial charge in [0.05, 0.1) is 0 Å². The topological polar surface area (TPSA) is 52.6 Å². The maximum Gasteiger partial charge on any atom is 0.344 e. The number of carbonyl (C=O) groups is 2. The number of ether oxygens (including phenoxy) is 2. The van der Waals surface area contributed by atoms with E-state index in [1.807, 2.05) is 0 Å². The van der Waals surface area contributed by atoms with Gasteiger partial charge < -0.3 is 9.47 Å². The number of hydrogen-bond acceptors (Lipinski definition) is 4. The molecule has 0 aromatic rings. The third kappa shape index (κ3) is 13.9. The average Bonchev–Trinajstić information content (AvgIpc) is 2.49. The quantitative estimate of drug-likeness (QED) is 0.341. The Morgan fingerprint density at radius 3 is 1.95 bits per heavy atom. The van der Waals surface area contributed by atoms with Crippen molar-refractivity contribution in [3.8, 4) is 0 Å². The molecule has 0 bridgehead atoms. The second-order valence-electron chi connectivity index (χ2n) is 5.94. The first-order valence-electron chi connectivity index (χ1n) is 8.93. The third-order valence-corrected chi connectivity index (χ3v) is 3.70. The largest absolute Gasteiger partial charge is 0.460 e. The van der Waals surface area contributed by atoms with Gasteiger partial charge >= 0.3 is 11.9 Å². The molecule has 0 heterocycles. The Morgan fingerprint density at radius 2 is 1.36 bits per heavy atom. The molecule has 0 spiro atoms. The first-order valence-corrected chi connectivity index (χ1v) is 8.93. The van der Waals surface area contributed by atoms with Crippen LogP contribution in [-0.2, 0) is 19.1 Å². The zero-order chi connectivity index (χ0) is 16.6. The lowest BCUT2D eigenvalue weighted by atomic mass is 10.0. The third-order valence-electron chi connectivity index (χ3n) is 3.70. The molecule has 0 aliphatic heterocycles. The molecule has 0 rings (SSSR count). The van der Waals surface area contributed by atoms with E-state index < -0.39 is 11.9 Å². The van der Waals surface area contributed by atoms with E-state index in [4.69, 9.17) is 4.74 Å². The van der Waals surface area contributed by atoms with Crippen LogP contribution in [0.1, 0.15) is 91.4 Å². The highest BCUT2D eigenvalue weighted by Crippen LogP contribution is 2.15. The summed E-state index contributed by atoms with van der Waals surface area (Å²) in [6, 6.07) is 0. The Kier molecular flexibility index (Phi) is 14.1. The molecule has 4 heteroatoms. The summed E-state index contributed by atoms with van der Waals surface area (Å²) in [5.41, 5.74) is 0. The zero-order valence-electron chi connectivity index (χ0n) is 14.7. The molecule has 0 radical (unpaired) electrons. The lowest BCUT2D eigenvalue weighted by Gasteiger charge is -2.17. The van der Waals surface area contributed by atoms with Crippen LogP contribution in [-0.4, -0.2) is 24.6 Å². The molecular formula is C18H34O4. The summed E-state index contributed by atoms with van der Waals surface area (Å²) in [5, 5.41) is 0. The Hall–Kier alpha value is -1.06. The molecular weight excluding hydrogens is 280 g/mol. The summed E-state index contributed by atoms with van der Waals surface area (Å²) in [5.74, 6) is -0.881. The minimum absolute atomic E-state index is 0.0290. The molecule has 0 saturated heterocycles. The SMILES string of the molecule is CCCCCCCCCC(CCCC)OC(=O)COC(C)=O. The van der Waals surface area contributed by atoms with Gasteiger partial charge in [0.1, 0.15) is 6.10 Å². The van der Waals surface area contributed by atoms with Crippen molar-refractivity contribution < 1.29 is 19.1 Å². The molecule has 0 fully saturated rings. The molecule has 0 amide bonds. The fraction of sp³-hybridized carbons (Fsp3) is 0.889. The monoisotopic (exact) mass is 314 g/mol. The summed E-state index contributed by atoms with van der Waals surface area (Å²) in [7, 11) is 0. The molecule has 4 nitrogen and oxygen atoms in total. The standard InChI is InChI=1S/C18H34O4/c1-4-6-8-9-10-11-12-14-17(13-7-5-2)22-18(20)15-21-16(3)19/h17H,4-15H2,1-3H3. The number of rotatable bonds is 14. The predicted molar refractivity (Wildman–Crippen MR) is 88.6 cm³/mol. The van der Waals surface area contributed by atoms with E-state index in [-0.39, 0.29) is 12.7 Å². The minimum Gasteiger partial charge on any atom is -0.460 e. The van der Waals surface area contributed by atoms with E-state index >= 15 is 0 Å². The van der Waals surface area contributed by atoms with Crippen molar-refractivity contribution in [3.63, 3.8) is 0 Å². The molecule has 1 atom stereocenters. The highest BCUT2D eigenvalue weighted by Gasteiger charge is 2.14. The van der Waals surface area contributed by atoms with Crippen LogP contribution >= 0.6 is 0 Å². The van der Waals surface area contributed by atoms with Gasteiger partial charge in [-0.05, 0) is 19.3 Å². The van der Waals surface area contributed by atoms with Crippen LogP contribution in [0.5, 0.6) is 0 Å². The van der Waals surface area contributed by atoms with Gasteiger partial charge in [-0.2, -0.15) is 0 Å². The lowest BCUT2D eigenvalue weighted by Crippen LogP contribution is -2.22. The molecule has 0 N–H and O–H groups in total. The molecule has 0 saturated carbocycles. The second kappa shape index (κ2) is 14.9. The van der Waals surface area contributed by atoms with Crippen LogP contribution in [0.15, 0.2) is 0 Å². The van der Waals surface area contributed by atoms with Gasteiger partial charge in [0.25, 0.3) is 0 Å². The minimum atomic E-state index is -0.450. The second-order valence-corrected chi connectivity index (χ2v) is 5.94. The fourth-order valence-corrected chi connectivity index (χ4v) is 2.40. The summed E-state index contributed by atoms with van der Waals surface area (Å²) in [6.07, 6.45) is 12.7. The summed E-state index contributed by atoms with van der Waals surface area (Å²) in [6.45, 7) is 5.38. The van der Waals surface area contributed by atoms with Crippen molar-refractivity contribution in [2.24, 2.45) is 0 Å². The average molecular weight is 314 g/mol. The van der Waals surface area contributed by atoms with Crippen molar-refractivity contribution in [3.05, 3.63) is 0 Å². The predicted octanol–water partition coefficient (Wildman–Crippen LogP) is 4.79. The van der Waals surface area contributed by atoms with Crippen LogP contribution < -0.4 is 0 Å². The summed E-state index contributed by atoms with van der Waals surface area (Å²) in [4.78, 5) is 22.3. The van der Waals surface area contributed by atoms with Gasteiger partial charge in [-0.1, -0.05) is 65.2 Å². The molecule has 0 aliphatic rings. The van der Waals surface area contributed by atoms with Gasteiger partial charge in [-0.3, -0.25) is 4.79 Å². The van der Waals surface area contributed by atoms with E-state index in [0.717, 1.165) is 32.1 Å². The van der Waals surface area contributed by atoms with Crippen LogP contribution in [0.25, 0.3) is 0 Å². The number of unbranched alkanes of at least 4 members (excludes halogenated alkanes) is 7. The van der Waals surface area contributed by atoms with Gasteiger partial charge in [0.15, 0.2) is 6.61 Å². The van der Waals surface area contributed by atoms with Crippen molar-refractivity contribution >= 4 is 11.9 Å². The van der Waals surface area contributed by atoms with Gasteiger partial charge in [0, 0.05) is 6.92 Å². The smallest absolute Gasteiger partial charge is 0.344 e. The van der Waals surface area contributed by atoms with E-state index in [2.05, 4.69) is 18.6 Å². The molecule has 0 aliphatic carbocycles. The van der Waals surface area contributed by atoms with Gasteiger partial charge in [-0.15, -0.1) is 0 Å². The van der Waals surface area contributed by atoms with Crippen molar-refractivity contribution in [2.45, 2.75) is 97.5 Å². The van der Waals surface area contributed by atoms with Crippen molar-refractivity contribution in [1.82, 2.24) is 0 Å². The summed E-state index contributed by atoms with van der Waals surface area (Å²) >= 11 is 0. The van der Waals surface area contributed by atoms with E-state index in [1.165, 1.54) is 45.4 Å². The number of esters is 2. The number of hydrogen-bond donors (Lipinski definition) is 0. The molecule has 130 valence electrons. The molecule has 0 aromatic heterocycles. The van der Waals surface area contributed by atoms with Crippen LogP contribution in [0.3, 0.4) is 0 Å². The van der Waals surface area contributed by atoms with Crippen molar-refractivity contribution in [2.75, 3.05) is 6.61 Å². The normalized spacial score (nSPS) is 12.0. The van der Waals surface area contributed by atoms with Crippen LogP contribution in [0.2, 0.25) is 0 Å². The van der Waals surface area contributed by atoms with Gasteiger partial charge in [-0.25, -0.2) is 4.79 Å². The van der Waals surface area contributed by atoms with E-state index in [1.54, 1.807) is 0 Å².